The lowest BCUT2D eigenvalue weighted by Gasteiger charge is -2.23. The third-order valence-corrected chi connectivity index (χ3v) is 5.25. The number of fused-ring (bicyclic) bond motifs is 1. The molecule has 2 aromatic rings. The normalized spacial score (nSPS) is 16.0. The number of carbonyl (C=O) groups is 1. The zero-order valence-electron chi connectivity index (χ0n) is 14.7. The van der Waals surface area contributed by atoms with Crippen LogP contribution in [0.4, 0.5) is 15.8 Å². The van der Waals surface area contributed by atoms with Gasteiger partial charge in [0, 0.05) is 17.8 Å². The third kappa shape index (κ3) is 3.80. The number of ether oxygens (including phenoxy) is 1. The Balaban J connectivity index is 1.77. The number of sulfonamides is 1. The Morgan fingerprint density at radius 1 is 1.36 bits per heavy atom. The van der Waals surface area contributed by atoms with Gasteiger partial charge in [-0.1, -0.05) is 0 Å². The summed E-state index contributed by atoms with van der Waals surface area (Å²) in [5, 5.41) is 15.8. The average molecular weight is 409 g/mol. The molecule has 2 N–H and O–H groups in total. The highest BCUT2D eigenvalue weighted by Gasteiger charge is 2.32. The third-order valence-electron chi connectivity index (χ3n) is 4.34. The van der Waals surface area contributed by atoms with Gasteiger partial charge in [-0.3, -0.25) is 14.9 Å². The van der Waals surface area contributed by atoms with Crippen LogP contribution in [0, 0.1) is 15.9 Å². The van der Waals surface area contributed by atoms with E-state index in [9.17, 15) is 27.7 Å². The van der Waals surface area contributed by atoms with Crippen LogP contribution in [-0.4, -0.2) is 31.9 Å². The van der Waals surface area contributed by atoms with E-state index in [2.05, 4.69) is 0 Å². The summed E-state index contributed by atoms with van der Waals surface area (Å²) in [7, 11) is -3.86. The number of hydrogen-bond acceptors (Lipinski definition) is 6. The van der Waals surface area contributed by atoms with Crippen molar-refractivity contribution >= 4 is 27.3 Å². The molecule has 11 heteroatoms. The van der Waals surface area contributed by atoms with E-state index in [0.717, 1.165) is 12.1 Å². The molecule has 0 saturated carbocycles. The molecule has 0 bridgehead atoms. The molecule has 1 heterocycles. The van der Waals surface area contributed by atoms with Gasteiger partial charge in [-0.25, -0.2) is 17.9 Å². The number of rotatable bonds is 5. The van der Waals surface area contributed by atoms with E-state index >= 15 is 0 Å². The van der Waals surface area contributed by atoms with Crippen molar-refractivity contribution in [3.05, 3.63) is 57.9 Å². The van der Waals surface area contributed by atoms with Crippen LogP contribution < -0.4 is 14.8 Å². The lowest BCUT2D eigenvalue weighted by Crippen LogP contribution is -2.39. The maximum atomic E-state index is 13.9. The Kier molecular flexibility index (Phi) is 5.04. The quantitative estimate of drug-likeness (QED) is 0.591. The van der Waals surface area contributed by atoms with E-state index in [1.807, 2.05) is 0 Å². The SMILES string of the molecule is CC1Cc2cc(S(N)(=O)=O)ccc2N1C(=O)COc1ccc([N+](=O)[O-])cc1F. The largest absolute Gasteiger partial charge is 0.481 e. The van der Waals surface area contributed by atoms with Crippen LogP contribution in [0.25, 0.3) is 0 Å². The zero-order chi connectivity index (χ0) is 20.6. The van der Waals surface area contributed by atoms with Crippen molar-refractivity contribution in [2.75, 3.05) is 11.5 Å². The van der Waals surface area contributed by atoms with Crippen LogP contribution in [-0.2, 0) is 21.2 Å². The highest BCUT2D eigenvalue weighted by molar-refractivity contribution is 7.89. The summed E-state index contributed by atoms with van der Waals surface area (Å²) >= 11 is 0. The molecule has 1 aliphatic rings. The first-order chi connectivity index (χ1) is 13.1. The molecule has 148 valence electrons. The number of amides is 1. The standard InChI is InChI=1S/C17H16FN3O6S/c1-10-6-11-7-13(28(19,25)26)3-4-15(11)20(10)17(22)9-27-16-5-2-12(21(23)24)8-14(16)18/h2-5,7-8,10H,6,9H2,1H3,(H2,19,25,26). The van der Waals surface area contributed by atoms with Gasteiger partial charge in [-0.2, -0.15) is 0 Å². The molecule has 0 spiro atoms. The first-order valence-electron chi connectivity index (χ1n) is 8.12. The Bertz CT molecular complexity index is 1070. The van der Waals surface area contributed by atoms with Crippen LogP contribution in [0.5, 0.6) is 5.75 Å². The number of nitrogens with zero attached hydrogens (tertiary/aromatic N) is 2. The van der Waals surface area contributed by atoms with E-state index in [1.165, 1.54) is 23.1 Å². The van der Waals surface area contributed by atoms with Crippen LogP contribution in [0.15, 0.2) is 41.3 Å². The summed E-state index contributed by atoms with van der Waals surface area (Å²) in [5.41, 5.74) is 0.746. The molecule has 28 heavy (non-hydrogen) atoms. The highest BCUT2D eigenvalue weighted by atomic mass is 32.2. The number of nitro benzene ring substituents is 1. The maximum Gasteiger partial charge on any atom is 0.272 e. The topological polar surface area (TPSA) is 133 Å². The summed E-state index contributed by atoms with van der Waals surface area (Å²) in [6, 6.07) is 6.83. The van der Waals surface area contributed by atoms with Crippen LogP contribution in [0.2, 0.25) is 0 Å². The van der Waals surface area contributed by atoms with E-state index in [-0.39, 0.29) is 16.7 Å². The fourth-order valence-corrected chi connectivity index (χ4v) is 3.66. The van der Waals surface area contributed by atoms with Crippen LogP contribution >= 0.6 is 0 Å². The summed E-state index contributed by atoms with van der Waals surface area (Å²) in [6.45, 7) is 1.29. The Morgan fingerprint density at radius 3 is 2.68 bits per heavy atom. The number of non-ortho nitro benzene ring substituents is 1. The molecule has 0 aliphatic carbocycles. The van der Waals surface area contributed by atoms with E-state index in [4.69, 9.17) is 9.88 Å². The highest BCUT2D eigenvalue weighted by Crippen LogP contribution is 2.34. The molecule has 2 aromatic carbocycles. The lowest BCUT2D eigenvalue weighted by atomic mass is 10.1. The minimum atomic E-state index is -3.86. The smallest absolute Gasteiger partial charge is 0.272 e. The Labute approximate surface area is 159 Å². The van der Waals surface area contributed by atoms with Crippen molar-refractivity contribution in [1.29, 1.82) is 0 Å². The van der Waals surface area contributed by atoms with Crippen molar-refractivity contribution in [1.82, 2.24) is 0 Å². The fraction of sp³-hybridized carbons (Fsp3) is 0.235. The molecule has 1 atom stereocenters. The average Bonchev–Trinajstić information content (AvgIpc) is 2.94. The molecule has 0 fully saturated rings. The van der Waals surface area contributed by atoms with Crippen molar-refractivity contribution in [2.45, 2.75) is 24.3 Å². The molecule has 0 radical (unpaired) electrons. The van der Waals surface area contributed by atoms with E-state index in [0.29, 0.717) is 23.7 Å². The van der Waals surface area contributed by atoms with Gasteiger partial charge in [-0.05, 0) is 43.2 Å². The molecular formula is C17H16FN3O6S. The minimum absolute atomic E-state index is 0.0445. The summed E-state index contributed by atoms with van der Waals surface area (Å²) < 4.78 is 42.0. The van der Waals surface area contributed by atoms with Gasteiger partial charge in [0.15, 0.2) is 18.2 Å². The predicted octanol–water partition coefficient (Wildman–Crippen LogP) is 1.74. The van der Waals surface area contributed by atoms with Gasteiger partial charge >= 0.3 is 0 Å². The number of nitrogens with two attached hydrogens (primary N) is 1. The van der Waals surface area contributed by atoms with Gasteiger partial charge in [0.05, 0.1) is 15.9 Å². The van der Waals surface area contributed by atoms with Crippen molar-refractivity contribution in [2.24, 2.45) is 5.14 Å². The van der Waals surface area contributed by atoms with Gasteiger partial charge in [0.1, 0.15) is 0 Å². The van der Waals surface area contributed by atoms with Gasteiger partial charge in [-0.15, -0.1) is 0 Å². The maximum absolute atomic E-state index is 13.9. The number of anilines is 1. The predicted molar refractivity (Wildman–Crippen MR) is 97.0 cm³/mol. The van der Waals surface area contributed by atoms with Gasteiger partial charge < -0.3 is 9.64 Å². The molecule has 0 aromatic heterocycles. The van der Waals surface area contributed by atoms with Crippen molar-refractivity contribution in [3.63, 3.8) is 0 Å². The number of nitro groups is 1. The Hall–Kier alpha value is -3.05. The number of carbonyl (C=O) groups excluding carboxylic acids is 1. The summed E-state index contributed by atoms with van der Waals surface area (Å²) in [4.78, 5) is 23.9. The summed E-state index contributed by atoms with van der Waals surface area (Å²) in [6.07, 6.45) is 0.427. The monoisotopic (exact) mass is 409 g/mol. The molecule has 1 unspecified atom stereocenters. The number of halogens is 1. The van der Waals surface area contributed by atoms with Crippen LogP contribution in [0.1, 0.15) is 12.5 Å². The molecular weight excluding hydrogens is 393 g/mol. The zero-order valence-corrected chi connectivity index (χ0v) is 15.5. The van der Waals surface area contributed by atoms with Crippen molar-refractivity contribution in [3.8, 4) is 5.75 Å². The molecule has 0 saturated heterocycles. The van der Waals surface area contributed by atoms with Gasteiger partial charge in [0.2, 0.25) is 10.0 Å². The first-order valence-corrected chi connectivity index (χ1v) is 9.67. The molecule has 1 amide bonds. The van der Waals surface area contributed by atoms with Crippen LogP contribution in [0.3, 0.4) is 0 Å². The number of hydrogen-bond donors (Lipinski definition) is 1. The van der Waals surface area contributed by atoms with E-state index in [1.54, 1.807) is 6.92 Å². The first kappa shape index (κ1) is 19.7. The Morgan fingerprint density at radius 2 is 2.07 bits per heavy atom. The second-order valence-corrected chi connectivity index (χ2v) is 7.87. The van der Waals surface area contributed by atoms with Gasteiger partial charge in [0.25, 0.3) is 11.6 Å². The minimum Gasteiger partial charge on any atom is -0.481 e. The molecule has 9 nitrogen and oxygen atoms in total. The lowest BCUT2D eigenvalue weighted by molar-refractivity contribution is -0.385. The van der Waals surface area contributed by atoms with Crippen molar-refractivity contribution < 1.29 is 27.3 Å². The number of benzene rings is 2. The second-order valence-electron chi connectivity index (χ2n) is 6.31. The molecule has 1 aliphatic heterocycles. The van der Waals surface area contributed by atoms with E-state index < -0.39 is 39.0 Å². The summed E-state index contributed by atoms with van der Waals surface area (Å²) in [5.74, 6) is -1.70. The second kappa shape index (κ2) is 7.17. The fourth-order valence-electron chi connectivity index (χ4n) is 3.09. The molecule has 3 rings (SSSR count). The number of primary sulfonamides is 1.